The molecule has 0 amide bonds. The number of nitrogens with zero attached hydrogens (tertiary/aromatic N) is 1. The summed E-state index contributed by atoms with van der Waals surface area (Å²) in [5.74, 6) is -0.0796. The van der Waals surface area contributed by atoms with Crippen molar-refractivity contribution in [3.8, 4) is 5.75 Å². The molecule has 2 rings (SSSR count). The Morgan fingerprint density at radius 2 is 1.90 bits per heavy atom. The van der Waals surface area contributed by atoms with E-state index < -0.39 is 5.97 Å². The number of benzene rings is 1. The van der Waals surface area contributed by atoms with Crippen molar-refractivity contribution in [3.63, 3.8) is 0 Å². The number of halogens is 1. The lowest BCUT2D eigenvalue weighted by Crippen LogP contribution is -2.15. The second-order valence-electron chi connectivity index (χ2n) is 4.55. The van der Waals surface area contributed by atoms with Gasteiger partial charge in [0, 0.05) is 6.04 Å². The Hall–Kier alpha value is -2.43. The molecule has 0 aliphatic rings. The average molecular weight is 274 g/mol. The molecule has 104 valence electrons. The molecular weight excluding hydrogens is 259 g/mol. The molecule has 0 radical (unpaired) electrons. The first-order valence-corrected chi connectivity index (χ1v) is 6.26. The van der Waals surface area contributed by atoms with E-state index in [1.165, 1.54) is 24.3 Å². The SMILES string of the molecule is CC(C)Nc1cccc(C(=O)Oc2ccc(F)cc2)n1. The molecule has 1 aromatic heterocycles. The number of hydrogen-bond acceptors (Lipinski definition) is 4. The molecule has 1 aromatic carbocycles. The zero-order valence-corrected chi connectivity index (χ0v) is 11.3. The molecule has 0 atom stereocenters. The fraction of sp³-hybridized carbons (Fsp3) is 0.200. The quantitative estimate of drug-likeness (QED) is 0.686. The molecule has 1 N–H and O–H groups in total. The topological polar surface area (TPSA) is 51.2 Å². The monoisotopic (exact) mass is 274 g/mol. The van der Waals surface area contributed by atoms with Crippen LogP contribution in [0.2, 0.25) is 0 Å². The first-order chi connectivity index (χ1) is 9.54. The van der Waals surface area contributed by atoms with E-state index in [1.807, 2.05) is 13.8 Å². The number of rotatable bonds is 4. The zero-order valence-electron chi connectivity index (χ0n) is 11.3. The van der Waals surface area contributed by atoms with Crippen molar-refractivity contribution < 1.29 is 13.9 Å². The molecule has 4 nitrogen and oxygen atoms in total. The van der Waals surface area contributed by atoms with Gasteiger partial charge in [0.1, 0.15) is 17.4 Å². The van der Waals surface area contributed by atoms with Crippen LogP contribution in [0.15, 0.2) is 42.5 Å². The van der Waals surface area contributed by atoms with Gasteiger partial charge in [-0.3, -0.25) is 0 Å². The number of carbonyl (C=O) groups is 1. The van der Waals surface area contributed by atoms with Crippen molar-refractivity contribution >= 4 is 11.8 Å². The molecular formula is C15H15FN2O2. The Bertz CT molecular complexity index is 597. The molecule has 0 spiro atoms. The van der Waals surface area contributed by atoms with Gasteiger partial charge >= 0.3 is 5.97 Å². The summed E-state index contributed by atoms with van der Waals surface area (Å²) >= 11 is 0. The number of hydrogen-bond donors (Lipinski definition) is 1. The lowest BCUT2D eigenvalue weighted by molar-refractivity contribution is 0.0728. The molecule has 0 bridgehead atoms. The van der Waals surface area contributed by atoms with Crippen LogP contribution in [0.3, 0.4) is 0 Å². The van der Waals surface area contributed by atoms with E-state index in [2.05, 4.69) is 10.3 Å². The van der Waals surface area contributed by atoms with Gasteiger partial charge in [0.15, 0.2) is 5.69 Å². The lowest BCUT2D eigenvalue weighted by Gasteiger charge is -2.10. The summed E-state index contributed by atoms with van der Waals surface area (Å²) in [5, 5.41) is 3.10. The van der Waals surface area contributed by atoms with Gasteiger partial charge in [0.2, 0.25) is 0 Å². The number of nitrogens with one attached hydrogen (secondary N) is 1. The van der Waals surface area contributed by atoms with Crippen LogP contribution in [0.1, 0.15) is 24.3 Å². The Morgan fingerprint density at radius 1 is 1.20 bits per heavy atom. The van der Waals surface area contributed by atoms with Crippen LogP contribution in [0.4, 0.5) is 10.2 Å². The number of ether oxygens (including phenoxy) is 1. The molecule has 0 saturated carbocycles. The third kappa shape index (κ3) is 3.78. The normalized spacial score (nSPS) is 10.4. The summed E-state index contributed by atoms with van der Waals surface area (Å²) in [5.41, 5.74) is 0.194. The fourth-order valence-electron chi connectivity index (χ4n) is 1.59. The van der Waals surface area contributed by atoms with Crippen LogP contribution in [0.25, 0.3) is 0 Å². The van der Waals surface area contributed by atoms with Crippen molar-refractivity contribution in [1.82, 2.24) is 4.98 Å². The summed E-state index contributed by atoms with van der Waals surface area (Å²) in [7, 11) is 0. The largest absolute Gasteiger partial charge is 0.422 e. The second kappa shape index (κ2) is 6.14. The van der Waals surface area contributed by atoms with Gasteiger partial charge in [0.05, 0.1) is 0 Å². The Morgan fingerprint density at radius 3 is 2.55 bits per heavy atom. The molecule has 20 heavy (non-hydrogen) atoms. The summed E-state index contributed by atoms with van der Waals surface area (Å²) in [4.78, 5) is 16.1. The van der Waals surface area contributed by atoms with E-state index in [9.17, 15) is 9.18 Å². The predicted molar refractivity (Wildman–Crippen MR) is 74.4 cm³/mol. The van der Waals surface area contributed by atoms with Gasteiger partial charge in [-0.1, -0.05) is 6.07 Å². The van der Waals surface area contributed by atoms with Gasteiger partial charge in [-0.15, -0.1) is 0 Å². The van der Waals surface area contributed by atoms with Crippen molar-refractivity contribution in [1.29, 1.82) is 0 Å². The van der Waals surface area contributed by atoms with E-state index in [1.54, 1.807) is 18.2 Å². The minimum absolute atomic E-state index is 0.194. The highest BCUT2D eigenvalue weighted by molar-refractivity contribution is 5.89. The molecule has 0 fully saturated rings. The van der Waals surface area contributed by atoms with E-state index in [-0.39, 0.29) is 23.3 Å². The number of esters is 1. The van der Waals surface area contributed by atoms with Crippen LogP contribution < -0.4 is 10.1 Å². The molecule has 0 aliphatic heterocycles. The number of pyridine rings is 1. The second-order valence-corrected chi connectivity index (χ2v) is 4.55. The highest BCUT2D eigenvalue weighted by Crippen LogP contribution is 2.14. The zero-order chi connectivity index (χ0) is 14.5. The highest BCUT2D eigenvalue weighted by atomic mass is 19.1. The summed E-state index contributed by atoms with van der Waals surface area (Å²) in [6.07, 6.45) is 0. The predicted octanol–water partition coefficient (Wildman–Crippen LogP) is 3.26. The van der Waals surface area contributed by atoms with Gasteiger partial charge < -0.3 is 10.1 Å². The maximum absolute atomic E-state index is 12.8. The van der Waals surface area contributed by atoms with Gasteiger partial charge in [-0.25, -0.2) is 14.2 Å². The van der Waals surface area contributed by atoms with E-state index >= 15 is 0 Å². The van der Waals surface area contributed by atoms with Crippen molar-refractivity contribution in [2.24, 2.45) is 0 Å². The van der Waals surface area contributed by atoms with Crippen molar-refractivity contribution in [2.75, 3.05) is 5.32 Å². The Kier molecular flexibility index (Phi) is 4.30. The smallest absolute Gasteiger partial charge is 0.362 e. The van der Waals surface area contributed by atoms with Crippen LogP contribution >= 0.6 is 0 Å². The van der Waals surface area contributed by atoms with Crippen molar-refractivity contribution in [2.45, 2.75) is 19.9 Å². The third-order valence-corrected chi connectivity index (χ3v) is 2.42. The summed E-state index contributed by atoms with van der Waals surface area (Å²) in [6.45, 7) is 3.95. The number of aromatic nitrogens is 1. The minimum Gasteiger partial charge on any atom is -0.422 e. The van der Waals surface area contributed by atoms with Crippen molar-refractivity contribution in [3.05, 3.63) is 54.0 Å². The molecule has 0 saturated heterocycles. The highest BCUT2D eigenvalue weighted by Gasteiger charge is 2.11. The molecule has 2 aromatic rings. The molecule has 1 heterocycles. The molecule has 0 unspecified atom stereocenters. The van der Waals surface area contributed by atoms with E-state index in [4.69, 9.17) is 4.74 Å². The minimum atomic E-state index is -0.580. The summed E-state index contributed by atoms with van der Waals surface area (Å²) < 4.78 is 17.9. The summed E-state index contributed by atoms with van der Waals surface area (Å²) in [6, 6.07) is 10.5. The Balaban J connectivity index is 2.10. The van der Waals surface area contributed by atoms with Gasteiger partial charge in [0.25, 0.3) is 0 Å². The number of carbonyl (C=O) groups excluding carboxylic acids is 1. The molecule has 5 heteroatoms. The van der Waals surface area contributed by atoms with Crippen LogP contribution in [-0.2, 0) is 0 Å². The van der Waals surface area contributed by atoms with Crippen LogP contribution in [0, 0.1) is 5.82 Å². The van der Waals surface area contributed by atoms with Gasteiger partial charge in [-0.05, 0) is 50.2 Å². The lowest BCUT2D eigenvalue weighted by atomic mass is 10.3. The van der Waals surface area contributed by atoms with E-state index in [0.717, 1.165) is 0 Å². The standard InChI is InChI=1S/C15H15FN2O2/c1-10(2)17-14-5-3-4-13(18-14)15(19)20-12-8-6-11(16)7-9-12/h3-10H,1-2H3,(H,17,18). The first-order valence-electron chi connectivity index (χ1n) is 6.26. The Labute approximate surface area is 116 Å². The van der Waals surface area contributed by atoms with Crippen LogP contribution in [0.5, 0.6) is 5.75 Å². The maximum atomic E-state index is 12.8. The number of anilines is 1. The average Bonchev–Trinajstić information content (AvgIpc) is 2.41. The fourth-order valence-corrected chi connectivity index (χ4v) is 1.59. The molecule has 0 aliphatic carbocycles. The first kappa shape index (κ1) is 14.0. The van der Waals surface area contributed by atoms with Gasteiger partial charge in [-0.2, -0.15) is 0 Å². The maximum Gasteiger partial charge on any atom is 0.362 e. The third-order valence-electron chi connectivity index (χ3n) is 2.42. The van der Waals surface area contributed by atoms with Crippen LogP contribution in [-0.4, -0.2) is 17.0 Å². The van der Waals surface area contributed by atoms with E-state index in [0.29, 0.717) is 5.82 Å².